The summed E-state index contributed by atoms with van der Waals surface area (Å²) >= 11 is 0. The molecule has 0 radical (unpaired) electrons. The first-order chi connectivity index (χ1) is 13.5. The van der Waals surface area contributed by atoms with Crippen molar-refractivity contribution in [1.29, 1.82) is 0 Å². The molecule has 3 aromatic rings. The van der Waals surface area contributed by atoms with E-state index in [1.807, 2.05) is 48.9 Å². The third kappa shape index (κ3) is 4.25. The highest BCUT2D eigenvalue weighted by atomic mass is 16.5. The van der Waals surface area contributed by atoms with Gasteiger partial charge in [0.25, 0.3) is 0 Å². The summed E-state index contributed by atoms with van der Waals surface area (Å²) in [5, 5.41) is 1.18. The fourth-order valence-electron chi connectivity index (χ4n) is 3.55. The average molecular weight is 378 g/mol. The summed E-state index contributed by atoms with van der Waals surface area (Å²) < 4.78 is 7.22. The number of aryl methyl sites for hydroxylation is 2. The number of benzene rings is 1. The second-order valence-electron chi connectivity index (χ2n) is 6.98. The molecule has 0 saturated carbocycles. The highest BCUT2D eigenvalue weighted by Crippen LogP contribution is 2.20. The lowest BCUT2D eigenvalue weighted by Gasteiger charge is -2.07. The van der Waals surface area contributed by atoms with E-state index in [1.165, 1.54) is 10.9 Å². The van der Waals surface area contributed by atoms with Crippen LogP contribution in [-0.2, 0) is 22.5 Å². The Morgan fingerprint density at radius 2 is 2.04 bits per heavy atom. The van der Waals surface area contributed by atoms with Crippen LogP contribution in [0.15, 0.2) is 49.2 Å². The Morgan fingerprint density at radius 3 is 2.82 bits per heavy atom. The molecule has 0 spiro atoms. The average Bonchev–Trinajstić information content (AvgIpc) is 3.22. The maximum absolute atomic E-state index is 12.4. The van der Waals surface area contributed by atoms with Crippen LogP contribution in [-0.4, -0.2) is 27.9 Å². The third-order valence-electron chi connectivity index (χ3n) is 5.05. The molecule has 0 atom stereocenters. The predicted molar refractivity (Wildman–Crippen MR) is 111 cm³/mol. The van der Waals surface area contributed by atoms with Crippen LogP contribution in [0.2, 0.25) is 0 Å². The smallest absolute Gasteiger partial charge is 0.306 e. The molecule has 1 aromatic carbocycles. The van der Waals surface area contributed by atoms with E-state index in [0.29, 0.717) is 24.9 Å². The first kappa shape index (κ1) is 19.7. The summed E-state index contributed by atoms with van der Waals surface area (Å²) in [6, 6.07) is 9.94. The van der Waals surface area contributed by atoms with Gasteiger partial charge in [0, 0.05) is 47.0 Å². The van der Waals surface area contributed by atoms with E-state index in [4.69, 9.17) is 4.74 Å². The minimum atomic E-state index is -0.340. The van der Waals surface area contributed by atoms with Crippen LogP contribution in [0.25, 0.3) is 10.9 Å². The van der Waals surface area contributed by atoms with Crippen molar-refractivity contribution in [3.63, 3.8) is 0 Å². The second-order valence-corrected chi connectivity index (χ2v) is 6.98. The lowest BCUT2D eigenvalue weighted by molar-refractivity contribution is -0.142. The molecular weight excluding hydrogens is 352 g/mol. The molecule has 2 aromatic heterocycles. The van der Waals surface area contributed by atoms with E-state index in [-0.39, 0.29) is 18.4 Å². The monoisotopic (exact) mass is 378 g/mol. The standard InChI is InChI=1S/C23H26N2O3/c1-4-12-25-16(2)13-20(17(25)3)22(26)15-28-23(27)11-7-8-18-14-24-21-10-6-5-9-19(18)21/h4-6,9-10,13-14,24H,1,7-8,11-12,15H2,2-3H3. The van der Waals surface area contributed by atoms with Crippen molar-refractivity contribution in [2.75, 3.05) is 6.61 Å². The summed E-state index contributed by atoms with van der Waals surface area (Å²) in [4.78, 5) is 27.7. The van der Waals surface area contributed by atoms with Gasteiger partial charge in [0.05, 0.1) is 0 Å². The van der Waals surface area contributed by atoms with Gasteiger partial charge in [-0.15, -0.1) is 6.58 Å². The van der Waals surface area contributed by atoms with Gasteiger partial charge in [0.2, 0.25) is 5.78 Å². The number of aromatic amines is 1. The van der Waals surface area contributed by atoms with Crippen molar-refractivity contribution in [2.45, 2.75) is 39.7 Å². The Bertz CT molecular complexity index is 1010. The molecule has 0 saturated heterocycles. The van der Waals surface area contributed by atoms with E-state index in [9.17, 15) is 9.59 Å². The van der Waals surface area contributed by atoms with Gasteiger partial charge in [-0.25, -0.2) is 0 Å². The van der Waals surface area contributed by atoms with Crippen LogP contribution in [0.1, 0.15) is 40.2 Å². The Morgan fingerprint density at radius 1 is 1.25 bits per heavy atom. The zero-order chi connectivity index (χ0) is 20.1. The number of Topliss-reactive ketones (excluding diaryl/α,β-unsaturated/α-hetero) is 1. The number of carbonyl (C=O) groups excluding carboxylic acids is 2. The van der Waals surface area contributed by atoms with Crippen LogP contribution >= 0.6 is 0 Å². The summed E-state index contributed by atoms with van der Waals surface area (Å²) in [5.41, 5.74) is 4.75. The Balaban J connectivity index is 1.48. The van der Waals surface area contributed by atoms with Gasteiger partial charge < -0.3 is 14.3 Å². The number of para-hydroxylation sites is 1. The lowest BCUT2D eigenvalue weighted by atomic mass is 10.1. The molecule has 0 bridgehead atoms. The number of rotatable bonds is 9. The Labute approximate surface area is 165 Å². The predicted octanol–water partition coefficient (Wildman–Crippen LogP) is 4.52. The lowest BCUT2D eigenvalue weighted by Crippen LogP contribution is -2.15. The van der Waals surface area contributed by atoms with Gasteiger partial charge in [-0.2, -0.15) is 0 Å². The summed E-state index contributed by atoms with van der Waals surface area (Å²) in [5.74, 6) is -0.513. The summed E-state index contributed by atoms with van der Waals surface area (Å²) in [7, 11) is 0. The maximum atomic E-state index is 12.4. The topological polar surface area (TPSA) is 64.1 Å². The number of fused-ring (bicyclic) bond motifs is 1. The fraction of sp³-hybridized carbons (Fsp3) is 0.304. The molecule has 28 heavy (non-hydrogen) atoms. The third-order valence-corrected chi connectivity index (χ3v) is 5.05. The quantitative estimate of drug-likeness (QED) is 0.338. The van der Waals surface area contributed by atoms with Gasteiger partial charge in [-0.05, 0) is 44.4 Å². The van der Waals surface area contributed by atoms with Crippen LogP contribution < -0.4 is 0 Å². The molecule has 2 heterocycles. The van der Waals surface area contributed by atoms with Crippen molar-refractivity contribution >= 4 is 22.7 Å². The molecule has 0 aliphatic carbocycles. The molecule has 0 amide bonds. The van der Waals surface area contributed by atoms with Gasteiger partial charge in [-0.3, -0.25) is 9.59 Å². The second kappa shape index (κ2) is 8.74. The molecule has 3 rings (SSSR count). The Kier molecular flexibility index (Phi) is 6.14. The number of aromatic nitrogens is 2. The van der Waals surface area contributed by atoms with Crippen LogP contribution in [0.4, 0.5) is 0 Å². The van der Waals surface area contributed by atoms with Gasteiger partial charge in [0.15, 0.2) is 6.61 Å². The number of carbonyl (C=O) groups is 2. The normalized spacial score (nSPS) is 10.9. The SMILES string of the molecule is C=CCn1c(C)cc(C(=O)COC(=O)CCCc2c[nH]c3ccccc23)c1C. The molecule has 5 nitrogen and oxygen atoms in total. The van der Waals surface area contributed by atoms with Gasteiger partial charge in [-0.1, -0.05) is 24.3 Å². The zero-order valence-corrected chi connectivity index (χ0v) is 16.5. The van der Waals surface area contributed by atoms with Crippen LogP contribution in [0.3, 0.4) is 0 Å². The van der Waals surface area contributed by atoms with E-state index in [1.54, 1.807) is 6.08 Å². The van der Waals surface area contributed by atoms with E-state index < -0.39 is 0 Å². The van der Waals surface area contributed by atoms with Crippen molar-refractivity contribution in [3.05, 3.63) is 71.7 Å². The highest BCUT2D eigenvalue weighted by molar-refractivity contribution is 5.99. The van der Waals surface area contributed by atoms with Crippen molar-refractivity contribution in [3.8, 4) is 0 Å². The van der Waals surface area contributed by atoms with Crippen LogP contribution in [0, 0.1) is 13.8 Å². The fourth-order valence-corrected chi connectivity index (χ4v) is 3.55. The molecule has 5 heteroatoms. The largest absolute Gasteiger partial charge is 0.457 e. The summed E-state index contributed by atoms with van der Waals surface area (Å²) in [6.07, 6.45) is 5.54. The molecule has 0 aliphatic rings. The number of H-pyrrole nitrogens is 1. The number of hydrogen-bond donors (Lipinski definition) is 1. The number of esters is 1. The number of nitrogens with one attached hydrogen (secondary N) is 1. The molecular formula is C23H26N2O3. The van der Waals surface area contributed by atoms with Crippen molar-refractivity contribution < 1.29 is 14.3 Å². The highest BCUT2D eigenvalue weighted by Gasteiger charge is 2.17. The van der Waals surface area contributed by atoms with Crippen molar-refractivity contribution in [2.24, 2.45) is 0 Å². The van der Waals surface area contributed by atoms with Gasteiger partial charge in [0.1, 0.15) is 0 Å². The Hall–Kier alpha value is -3.08. The molecule has 0 fully saturated rings. The molecule has 0 unspecified atom stereocenters. The number of allylic oxidation sites excluding steroid dienone is 1. The van der Waals surface area contributed by atoms with E-state index >= 15 is 0 Å². The van der Waals surface area contributed by atoms with E-state index in [2.05, 4.69) is 17.6 Å². The maximum Gasteiger partial charge on any atom is 0.306 e. The van der Waals surface area contributed by atoms with E-state index in [0.717, 1.165) is 23.3 Å². The molecule has 1 N–H and O–H groups in total. The number of nitrogens with zero attached hydrogens (tertiary/aromatic N) is 1. The number of ketones is 1. The summed E-state index contributed by atoms with van der Waals surface area (Å²) in [6.45, 7) is 8.02. The first-order valence-electron chi connectivity index (χ1n) is 9.52. The first-order valence-corrected chi connectivity index (χ1v) is 9.52. The minimum absolute atomic E-state index is 0.173. The minimum Gasteiger partial charge on any atom is -0.457 e. The zero-order valence-electron chi connectivity index (χ0n) is 16.5. The number of hydrogen-bond acceptors (Lipinski definition) is 3. The molecule has 146 valence electrons. The number of ether oxygens (including phenoxy) is 1. The molecule has 0 aliphatic heterocycles. The van der Waals surface area contributed by atoms with Crippen LogP contribution in [0.5, 0.6) is 0 Å². The van der Waals surface area contributed by atoms with Crippen molar-refractivity contribution in [1.82, 2.24) is 9.55 Å². The van der Waals surface area contributed by atoms with Gasteiger partial charge >= 0.3 is 5.97 Å².